The van der Waals surface area contributed by atoms with Crippen LogP contribution < -0.4 is 5.32 Å². The van der Waals surface area contributed by atoms with Crippen molar-refractivity contribution >= 4 is 37.0 Å². The van der Waals surface area contributed by atoms with Gasteiger partial charge in [-0.2, -0.15) is 0 Å². The van der Waals surface area contributed by atoms with Crippen molar-refractivity contribution in [2.45, 2.75) is 69.8 Å². The van der Waals surface area contributed by atoms with Crippen molar-refractivity contribution in [2.24, 2.45) is 11.8 Å². The molecule has 6 nitrogen and oxygen atoms in total. The molecule has 1 saturated heterocycles. The fourth-order valence-electron chi connectivity index (χ4n) is 3.39. The lowest BCUT2D eigenvalue weighted by Crippen LogP contribution is -2.66. The molecule has 2 rings (SSSR count). The third-order valence-electron chi connectivity index (χ3n) is 6.44. The highest BCUT2D eigenvalue weighted by Crippen LogP contribution is 2.40. The number of benzene rings is 1. The predicted octanol–water partition coefficient (Wildman–Crippen LogP) is 4.17. The van der Waals surface area contributed by atoms with Gasteiger partial charge in [-0.15, -0.1) is 0 Å². The maximum atomic E-state index is 13.1. The first-order valence-corrected chi connectivity index (χ1v) is 14.4. The maximum absolute atomic E-state index is 13.1. The van der Waals surface area contributed by atoms with Crippen LogP contribution in [0.4, 0.5) is 0 Å². The van der Waals surface area contributed by atoms with Crippen LogP contribution in [0.15, 0.2) is 29.2 Å². The highest BCUT2D eigenvalue weighted by molar-refractivity contribution is 8.13. The van der Waals surface area contributed by atoms with Crippen LogP contribution in [0, 0.1) is 11.8 Å². The van der Waals surface area contributed by atoms with Crippen LogP contribution in [-0.4, -0.2) is 56.4 Å². The maximum Gasteiger partial charge on any atom is 0.254 e. The molecular formula is C23H36N2O4SSi. The number of hydrogen-bond acceptors (Lipinski definition) is 5. The van der Waals surface area contributed by atoms with Crippen LogP contribution >= 0.6 is 11.8 Å². The molecule has 0 bridgehead atoms. The summed E-state index contributed by atoms with van der Waals surface area (Å²) in [6.07, 6.45) is -0.262. The fourth-order valence-corrected chi connectivity index (χ4v) is 5.79. The fraction of sp³-hybridized carbons (Fsp3) is 0.609. The zero-order valence-corrected chi connectivity index (χ0v) is 21.9. The highest BCUT2D eigenvalue weighted by Gasteiger charge is 2.50. The van der Waals surface area contributed by atoms with Crippen molar-refractivity contribution in [3.63, 3.8) is 0 Å². The van der Waals surface area contributed by atoms with Gasteiger partial charge in [0.1, 0.15) is 0 Å². The van der Waals surface area contributed by atoms with Gasteiger partial charge < -0.3 is 14.6 Å². The molecule has 0 aliphatic carbocycles. The van der Waals surface area contributed by atoms with Crippen LogP contribution in [0.25, 0.3) is 0 Å². The van der Waals surface area contributed by atoms with E-state index in [1.807, 2.05) is 19.9 Å². The first-order valence-electron chi connectivity index (χ1n) is 10.7. The molecule has 8 heteroatoms. The standard InChI is InChI=1S/C23H36N2O4SSi/c1-14(22(28)30-17-13-11-10-12-16(17)21(27)25(6)7)19-18(20(26)24-19)15(2)29-31(8,9)23(3,4)5/h10-15,18-19H,1-9H3,(H,24,26)/t14?,15?,18-,19-/m1/s1. The Bertz CT molecular complexity index is 850. The van der Waals surface area contributed by atoms with Gasteiger partial charge in [0.25, 0.3) is 5.91 Å². The lowest BCUT2D eigenvalue weighted by atomic mass is 9.79. The van der Waals surface area contributed by atoms with Crippen molar-refractivity contribution < 1.29 is 18.8 Å². The first-order chi connectivity index (χ1) is 14.2. The van der Waals surface area contributed by atoms with Gasteiger partial charge in [0.15, 0.2) is 13.4 Å². The van der Waals surface area contributed by atoms with Gasteiger partial charge in [-0.3, -0.25) is 14.4 Å². The summed E-state index contributed by atoms with van der Waals surface area (Å²) < 4.78 is 6.44. The minimum absolute atomic E-state index is 0.0386. The summed E-state index contributed by atoms with van der Waals surface area (Å²) in [5.74, 6) is -0.966. The number of rotatable bonds is 7. The van der Waals surface area contributed by atoms with Crippen LogP contribution in [0.2, 0.25) is 18.1 Å². The molecule has 0 aromatic heterocycles. The molecule has 0 spiro atoms. The molecule has 2 amide bonds. The minimum atomic E-state index is -2.04. The Morgan fingerprint density at radius 1 is 1.16 bits per heavy atom. The molecule has 1 aliphatic rings. The molecule has 172 valence electrons. The number of nitrogens with one attached hydrogen (secondary N) is 1. The third-order valence-corrected chi connectivity index (χ3v) is 12.2. The predicted molar refractivity (Wildman–Crippen MR) is 128 cm³/mol. The smallest absolute Gasteiger partial charge is 0.254 e. The Balaban J connectivity index is 2.13. The van der Waals surface area contributed by atoms with Crippen molar-refractivity contribution in [1.82, 2.24) is 10.2 Å². The summed E-state index contributed by atoms with van der Waals surface area (Å²) in [6.45, 7) is 14.6. The van der Waals surface area contributed by atoms with E-state index in [1.54, 1.807) is 32.3 Å². The van der Waals surface area contributed by atoms with E-state index in [-0.39, 0.29) is 40.0 Å². The lowest BCUT2D eigenvalue weighted by Gasteiger charge is -2.46. The SMILES string of the molecule is CC(C(=O)Sc1ccccc1C(=O)N(C)C)[C@H]1NC(=O)[C@@H]1C(C)O[Si](C)(C)C(C)(C)C. The Morgan fingerprint density at radius 3 is 2.26 bits per heavy atom. The van der Waals surface area contributed by atoms with Gasteiger partial charge in [-0.25, -0.2) is 0 Å². The van der Waals surface area contributed by atoms with E-state index < -0.39 is 14.2 Å². The molecule has 1 N–H and O–H groups in total. The second-order valence-electron chi connectivity index (χ2n) is 10.0. The average Bonchev–Trinajstić information content (AvgIpc) is 2.63. The van der Waals surface area contributed by atoms with Gasteiger partial charge in [-0.1, -0.05) is 51.6 Å². The summed E-state index contributed by atoms with van der Waals surface area (Å²) >= 11 is 1.06. The molecule has 1 heterocycles. The van der Waals surface area contributed by atoms with Crippen LogP contribution in [0.5, 0.6) is 0 Å². The van der Waals surface area contributed by atoms with Gasteiger partial charge in [0.2, 0.25) is 5.91 Å². The van der Waals surface area contributed by atoms with Gasteiger partial charge in [-0.05, 0) is 37.2 Å². The van der Waals surface area contributed by atoms with Crippen molar-refractivity contribution in [1.29, 1.82) is 0 Å². The zero-order valence-electron chi connectivity index (χ0n) is 20.1. The normalized spacial score (nSPS) is 21.0. The Labute approximate surface area is 191 Å². The molecule has 1 aromatic carbocycles. The number of carbonyl (C=O) groups excluding carboxylic acids is 3. The first kappa shape index (κ1) is 25.6. The summed E-state index contributed by atoms with van der Waals surface area (Å²) in [7, 11) is 1.34. The molecule has 4 atom stereocenters. The molecule has 0 radical (unpaired) electrons. The van der Waals surface area contributed by atoms with Crippen LogP contribution in [-0.2, 0) is 14.0 Å². The number of nitrogens with zero attached hydrogens (tertiary/aromatic N) is 1. The Morgan fingerprint density at radius 2 is 1.74 bits per heavy atom. The summed E-state index contributed by atoms with van der Waals surface area (Å²) in [6, 6.07) is 6.84. The number of carbonyl (C=O) groups is 3. The molecule has 31 heavy (non-hydrogen) atoms. The lowest BCUT2D eigenvalue weighted by molar-refractivity contribution is -0.143. The largest absolute Gasteiger partial charge is 0.413 e. The summed E-state index contributed by atoms with van der Waals surface area (Å²) in [5, 5.41) is 2.87. The number of β-lactam (4-membered cyclic amide) rings is 1. The van der Waals surface area contributed by atoms with Crippen molar-refractivity contribution in [3.05, 3.63) is 29.8 Å². The van der Waals surface area contributed by atoms with Gasteiger partial charge >= 0.3 is 0 Å². The monoisotopic (exact) mass is 464 g/mol. The Kier molecular flexibility index (Phi) is 7.82. The van der Waals surface area contributed by atoms with E-state index in [0.29, 0.717) is 10.5 Å². The molecule has 1 fully saturated rings. The van der Waals surface area contributed by atoms with E-state index in [1.165, 1.54) is 4.90 Å². The quantitative estimate of drug-likeness (QED) is 0.372. The second-order valence-corrected chi connectivity index (χ2v) is 15.9. The number of hydrogen-bond donors (Lipinski definition) is 1. The van der Waals surface area contributed by atoms with Crippen LogP contribution in [0.1, 0.15) is 45.0 Å². The summed E-state index contributed by atoms with van der Waals surface area (Å²) in [4.78, 5) is 40.0. The average molecular weight is 465 g/mol. The van der Waals surface area contributed by atoms with Gasteiger partial charge in [0, 0.05) is 24.9 Å². The van der Waals surface area contributed by atoms with E-state index in [2.05, 4.69) is 39.2 Å². The van der Waals surface area contributed by atoms with Crippen molar-refractivity contribution in [2.75, 3.05) is 14.1 Å². The third kappa shape index (κ3) is 5.59. The van der Waals surface area contributed by atoms with Crippen molar-refractivity contribution in [3.8, 4) is 0 Å². The van der Waals surface area contributed by atoms with Crippen LogP contribution in [0.3, 0.4) is 0 Å². The number of amides is 2. The Hall–Kier alpha value is -1.64. The zero-order chi connectivity index (χ0) is 23.7. The topological polar surface area (TPSA) is 75.7 Å². The van der Waals surface area contributed by atoms with E-state index in [4.69, 9.17) is 4.43 Å². The van der Waals surface area contributed by atoms with Gasteiger partial charge in [0.05, 0.1) is 23.6 Å². The molecule has 0 saturated carbocycles. The highest BCUT2D eigenvalue weighted by atomic mass is 32.2. The minimum Gasteiger partial charge on any atom is -0.413 e. The summed E-state index contributed by atoms with van der Waals surface area (Å²) in [5.41, 5.74) is 0.502. The number of thioether (sulfide) groups is 1. The van der Waals surface area contributed by atoms with E-state index in [0.717, 1.165) is 11.8 Å². The van der Waals surface area contributed by atoms with E-state index in [9.17, 15) is 14.4 Å². The molecule has 1 aliphatic heterocycles. The second kappa shape index (κ2) is 9.46. The molecular weight excluding hydrogens is 428 g/mol. The molecule has 1 aromatic rings. The molecule has 2 unspecified atom stereocenters. The van der Waals surface area contributed by atoms with E-state index >= 15 is 0 Å².